The minimum atomic E-state index is -0.0926. The van der Waals surface area contributed by atoms with Crippen molar-refractivity contribution in [2.45, 2.75) is 32.7 Å². The second-order valence-corrected chi connectivity index (χ2v) is 5.51. The lowest BCUT2D eigenvalue weighted by atomic mass is 10.1. The van der Waals surface area contributed by atoms with Crippen LogP contribution in [-0.2, 0) is 0 Å². The molecular formula is C16H21ClN2O2. The van der Waals surface area contributed by atoms with E-state index in [1.165, 1.54) is 0 Å². The van der Waals surface area contributed by atoms with E-state index >= 15 is 0 Å². The molecule has 2 aromatic rings. The zero-order valence-corrected chi connectivity index (χ0v) is 13.2. The molecule has 114 valence electrons. The van der Waals surface area contributed by atoms with Crippen molar-refractivity contribution >= 4 is 29.3 Å². The van der Waals surface area contributed by atoms with Crippen LogP contribution in [0.2, 0.25) is 0 Å². The van der Waals surface area contributed by atoms with E-state index < -0.39 is 0 Å². The quantitative estimate of drug-likeness (QED) is 0.897. The van der Waals surface area contributed by atoms with E-state index in [-0.39, 0.29) is 24.4 Å². The zero-order valence-electron chi connectivity index (χ0n) is 12.4. The van der Waals surface area contributed by atoms with Crippen molar-refractivity contribution in [3.05, 3.63) is 35.1 Å². The number of nitrogens with one attached hydrogen (secondary N) is 2. The van der Waals surface area contributed by atoms with Crippen molar-refractivity contribution in [2.75, 3.05) is 13.1 Å². The predicted octanol–water partition coefficient (Wildman–Crippen LogP) is 2.95. The van der Waals surface area contributed by atoms with Gasteiger partial charge in [-0.05, 0) is 45.3 Å². The van der Waals surface area contributed by atoms with Gasteiger partial charge in [0.2, 0.25) is 0 Å². The van der Waals surface area contributed by atoms with Gasteiger partial charge in [0.05, 0.1) is 0 Å². The Kier molecular flexibility index (Phi) is 4.91. The minimum Gasteiger partial charge on any atom is -0.450 e. The first kappa shape index (κ1) is 15.9. The van der Waals surface area contributed by atoms with Gasteiger partial charge in [0.15, 0.2) is 5.76 Å². The third-order valence-corrected chi connectivity index (χ3v) is 4.04. The Balaban J connectivity index is 0.00000161. The van der Waals surface area contributed by atoms with Crippen molar-refractivity contribution in [1.82, 2.24) is 10.6 Å². The summed E-state index contributed by atoms with van der Waals surface area (Å²) in [5.74, 6) is 0.359. The molecule has 1 aromatic heterocycles. The number of aryl methyl sites for hydroxylation is 2. The van der Waals surface area contributed by atoms with Gasteiger partial charge in [0.25, 0.3) is 5.91 Å². The van der Waals surface area contributed by atoms with E-state index in [2.05, 4.69) is 10.6 Å². The number of furan rings is 1. The van der Waals surface area contributed by atoms with Gasteiger partial charge in [0.1, 0.15) is 5.58 Å². The van der Waals surface area contributed by atoms with Crippen molar-refractivity contribution in [1.29, 1.82) is 0 Å². The number of hydrogen-bond donors (Lipinski definition) is 2. The lowest BCUT2D eigenvalue weighted by Crippen LogP contribution is -2.42. The van der Waals surface area contributed by atoms with Crippen LogP contribution in [0.4, 0.5) is 0 Å². The molecule has 1 amide bonds. The van der Waals surface area contributed by atoms with Gasteiger partial charge < -0.3 is 15.1 Å². The maximum atomic E-state index is 12.4. The van der Waals surface area contributed by atoms with Crippen LogP contribution >= 0.6 is 12.4 Å². The maximum Gasteiger partial charge on any atom is 0.287 e. The minimum absolute atomic E-state index is 0. The van der Waals surface area contributed by atoms with E-state index in [0.29, 0.717) is 5.76 Å². The fraction of sp³-hybridized carbons (Fsp3) is 0.438. The van der Waals surface area contributed by atoms with Gasteiger partial charge in [-0.2, -0.15) is 0 Å². The number of carbonyl (C=O) groups is 1. The fourth-order valence-corrected chi connectivity index (χ4v) is 2.82. The van der Waals surface area contributed by atoms with Crippen LogP contribution in [0.15, 0.2) is 22.6 Å². The van der Waals surface area contributed by atoms with E-state index in [4.69, 9.17) is 4.42 Å². The monoisotopic (exact) mass is 308 g/mol. The molecule has 2 N–H and O–H groups in total. The molecule has 2 heterocycles. The molecule has 0 radical (unpaired) electrons. The first-order chi connectivity index (χ1) is 9.66. The lowest BCUT2D eigenvalue weighted by molar-refractivity contribution is 0.0902. The Morgan fingerprint density at radius 2 is 2.00 bits per heavy atom. The molecule has 5 heteroatoms. The summed E-state index contributed by atoms with van der Waals surface area (Å²) >= 11 is 0. The Bertz CT molecular complexity index is 645. The Morgan fingerprint density at radius 1 is 1.29 bits per heavy atom. The van der Waals surface area contributed by atoms with E-state index in [1.807, 2.05) is 32.0 Å². The molecule has 3 rings (SSSR count). The molecule has 0 aliphatic carbocycles. The lowest BCUT2D eigenvalue weighted by Gasteiger charge is -2.23. The van der Waals surface area contributed by atoms with Gasteiger partial charge in [-0.3, -0.25) is 4.79 Å². The molecular weight excluding hydrogens is 288 g/mol. The standard InChI is InChI=1S/C16H20N2O2.ClH/c1-10-4-3-5-13-11(2)15(20-14(10)13)16(19)18-12-6-8-17-9-7-12;/h3-5,12,17H,6-9H2,1-2H3,(H,18,19);1H. The van der Waals surface area contributed by atoms with Crippen molar-refractivity contribution in [3.8, 4) is 0 Å². The number of piperidine rings is 1. The topological polar surface area (TPSA) is 54.3 Å². The van der Waals surface area contributed by atoms with Gasteiger partial charge in [-0.15, -0.1) is 12.4 Å². The Morgan fingerprint density at radius 3 is 2.67 bits per heavy atom. The number of benzene rings is 1. The van der Waals surface area contributed by atoms with Crippen LogP contribution in [0, 0.1) is 13.8 Å². The molecule has 1 fully saturated rings. The molecule has 4 nitrogen and oxygen atoms in total. The van der Waals surface area contributed by atoms with Crippen LogP contribution in [-0.4, -0.2) is 25.0 Å². The molecule has 0 atom stereocenters. The summed E-state index contributed by atoms with van der Waals surface area (Å²) in [6.45, 7) is 5.87. The summed E-state index contributed by atoms with van der Waals surface area (Å²) in [5, 5.41) is 7.41. The normalized spacial score (nSPS) is 15.7. The Hall–Kier alpha value is -1.52. The summed E-state index contributed by atoms with van der Waals surface area (Å²) in [5.41, 5.74) is 2.81. The summed E-state index contributed by atoms with van der Waals surface area (Å²) < 4.78 is 5.81. The van der Waals surface area contributed by atoms with E-state index in [9.17, 15) is 4.79 Å². The third-order valence-electron chi connectivity index (χ3n) is 4.04. The second kappa shape index (κ2) is 6.50. The van der Waals surface area contributed by atoms with E-state index in [0.717, 1.165) is 48.0 Å². The average molecular weight is 309 g/mol. The molecule has 21 heavy (non-hydrogen) atoms. The van der Waals surface area contributed by atoms with Crippen molar-refractivity contribution < 1.29 is 9.21 Å². The van der Waals surface area contributed by atoms with E-state index in [1.54, 1.807) is 0 Å². The summed E-state index contributed by atoms with van der Waals surface area (Å²) in [6.07, 6.45) is 1.95. The molecule has 1 aliphatic rings. The fourth-order valence-electron chi connectivity index (χ4n) is 2.82. The number of halogens is 1. The maximum absolute atomic E-state index is 12.4. The smallest absolute Gasteiger partial charge is 0.287 e. The number of para-hydroxylation sites is 1. The SMILES string of the molecule is Cc1c(C(=O)NC2CCNCC2)oc2c(C)cccc12.Cl. The van der Waals surface area contributed by atoms with Crippen LogP contribution in [0.3, 0.4) is 0 Å². The number of rotatable bonds is 2. The molecule has 1 aromatic carbocycles. The third kappa shape index (κ3) is 3.06. The molecule has 0 bridgehead atoms. The van der Waals surface area contributed by atoms with Crippen molar-refractivity contribution in [3.63, 3.8) is 0 Å². The van der Waals surface area contributed by atoms with Crippen LogP contribution in [0.25, 0.3) is 11.0 Å². The highest BCUT2D eigenvalue weighted by Gasteiger charge is 2.22. The highest BCUT2D eigenvalue weighted by atomic mass is 35.5. The molecule has 1 saturated heterocycles. The predicted molar refractivity (Wildman–Crippen MR) is 86.3 cm³/mol. The number of carbonyl (C=O) groups excluding carboxylic acids is 1. The largest absolute Gasteiger partial charge is 0.450 e. The summed E-state index contributed by atoms with van der Waals surface area (Å²) in [7, 11) is 0. The summed E-state index contributed by atoms with van der Waals surface area (Å²) in [6, 6.07) is 6.24. The van der Waals surface area contributed by atoms with Gasteiger partial charge in [-0.25, -0.2) is 0 Å². The number of amides is 1. The summed E-state index contributed by atoms with van der Waals surface area (Å²) in [4.78, 5) is 12.4. The number of fused-ring (bicyclic) bond motifs is 1. The first-order valence-corrected chi connectivity index (χ1v) is 7.17. The van der Waals surface area contributed by atoms with Gasteiger partial charge in [-0.1, -0.05) is 18.2 Å². The Labute approximate surface area is 130 Å². The zero-order chi connectivity index (χ0) is 14.1. The van der Waals surface area contributed by atoms with Gasteiger partial charge in [0, 0.05) is 17.0 Å². The number of hydrogen-bond acceptors (Lipinski definition) is 3. The van der Waals surface area contributed by atoms with Gasteiger partial charge >= 0.3 is 0 Å². The molecule has 1 aliphatic heterocycles. The average Bonchev–Trinajstić information content (AvgIpc) is 2.79. The van der Waals surface area contributed by atoms with Crippen LogP contribution < -0.4 is 10.6 Å². The van der Waals surface area contributed by atoms with Crippen LogP contribution in [0.5, 0.6) is 0 Å². The molecule has 0 saturated carbocycles. The highest BCUT2D eigenvalue weighted by molar-refractivity contribution is 5.99. The van der Waals surface area contributed by atoms with Crippen LogP contribution in [0.1, 0.15) is 34.5 Å². The first-order valence-electron chi connectivity index (χ1n) is 7.17. The molecule has 0 unspecified atom stereocenters. The van der Waals surface area contributed by atoms with Crippen molar-refractivity contribution in [2.24, 2.45) is 0 Å². The second-order valence-electron chi connectivity index (χ2n) is 5.51. The highest BCUT2D eigenvalue weighted by Crippen LogP contribution is 2.27. The molecule has 0 spiro atoms.